The third-order valence-corrected chi connectivity index (χ3v) is 6.95. The van der Waals surface area contributed by atoms with E-state index in [4.69, 9.17) is 19.7 Å². The molecule has 0 aliphatic rings. The van der Waals surface area contributed by atoms with Gasteiger partial charge in [0.05, 0.1) is 14.3 Å². The van der Waals surface area contributed by atoms with E-state index in [9.17, 15) is 14.4 Å². The highest BCUT2D eigenvalue weighted by Gasteiger charge is 2.19. The summed E-state index contributed by atoms with van der Waals surface area (Å²) in [6.07, 6.45) is -0.0762. The number of ether oxygens (including phenoxy) is 2. The Hall–Kier alpha value is -0.430. The summed E-state index contributed by atoms with van der Waals surface area (Å²) in [6, 6.07) is 7.11. The molecule has 2 rings (SSSR count). The van der Waals surface area contributed by atoms with Gasteiger partial charge in [-0.05, 0) is 139 Å². The fourth-order valence-corrected chi connectivity index (χ4v) is 6.63. The first-order chi connectivity index (χ1) is 14.1. The van der Waals surface area contributed by atoms with Crippen LogP contribution >= 0.6 is 90.4 Å². The summed E-state index contributed by atoms with van der Waals surface area (Å²) < 4.78 is 13.5. The van der Waals surface area contributed by atoms with Crippen LogP contribution in [0.4, 0.5) is 4.79 Å². The molecule has 0 fully saturated rings. The first-order valence-electron chi connectivity index (χ1n) is 8.36. The van der Waals surface area contributed by atoms with Crippen molar-refractivity contribution in [3.63, 3.8) is 0 Å². The molecule has 2 N–H and O–H groups in total. The lowest BCUT2D eigenvalue weighted by Crippen LogP contribution is -2.17. The second-order valence-corrected chi connectivity index (χ2v) is 10.7. The van der Waals surface area contributed by atoms with Crippen LogP contribution in [0, 0.1) is 14.3 Å². The number of aryl methyl sites for hydroxylation is 2. The van der Waals surface area contributed by atoms with Gasteiger partial charge < -0.3 is 19.7 Å². The van der Waals surface area contributed by atoms with Gasteiger partial charge >= 0.3 is 18.1 Å². The largest absolute Gasteiger partial charge is 0.519 e. The number of hydrogen-bond acceptors (Lipinski definition) is 5. The van der Waals surface area contributed by atoms with Crippen molar-refractivity contribution >= 4 is 108 Å². The van der Waals surface area contributed by atoms with Crippen LogP contribution in [0.15, 0.2) is 24.3 Å². The maximum Gasteiger partial charge on any atom is 0.519 e. The Morgan fingerprint density at radius 1 is 0.667 bits per heavy atom. The van der Waals surface area contributed by atoms with E-state index in [1.54, 1.807) is 24.3 Å². The molecule has 2 aromatic carbocycles. The standard InChI is InChI=1S/C19H14I4O7/c20-11-5-9(1-3-15(24)25)6-12(21)17(11)29-19(28)30-18-13(22)7-10(8-14(18)23)2-4-16(26)27/h5-8H,1-4H2,(H,24,25)(H,26,27). The van der Waals surface area contributed by atoms with Gasteiger partial charge in [0.15, 0.2) is 11.5 Å². The zero-order valence-corrected chi connectivity index (χ0v) is 23.7. The maximum absolute atomic E-state index is 12.4. The molecule has 0 heterocycles. The highest BCUT2D eigenvalue weighted by Crippen LogP contribution is 2.32. The number of hydrogen-bond donors (Lipinski definition) is 2. The minimum atomic E-state index is -0.891. The molecule has 0 radical (unpaired) electrons. The second-order valence-electron chi connectivity index (χ2n) is 6.02. The summed E-state index contributed by atoms with van der Waals surface area (Å²) in [4.78, 5) is 33.9. The van der Waals surface area contributed by atoms with Crippen LogP contribution in [0.3, 0.4) is 0 Å². The molecule has 0 aliphatic heterocycles. The Balaban J connectivity index is 2.12. The molecule has 0 atom stereocenters. The number of carboxylic acid groups (broad SMARTS) is 2. The molecular weight excluding hydrogens is 848 g/mol. The molecule has 2 aromatic rings. The first-order valence-corrected chi connectivity index (χ1v) is 12.7. The van der Waals surface area contributed by atoms with E-state index in [-0.39, 0.29) is 12.8 Å². The summed E-state index contributed by atoms with van der Waals surface area (Å²) in [5.74, 6) is -1.05. The third-order valence-electron chi connectivity index (χ3n) is 3.74. The molecule has 0 aromatic heterocycles. The molecule has 0 spiro atoms. The van der Waals surface area contributed by atoms with Gasteiger partial charge in [0.25, 0.3) is 0 Å². The van der Waals surface area contributed by atoms with Crippen molar-refractivity contribution < 1.29 is 34.1 Å². The molecule has 0 amide bonds. The Morgan fingerprint density at radius 2 is 0.967 bits per heavy atom. The summed E-state index contributed by atoms with van der Waals surface area (Å²) in [5, 5.41) is 17.7. The Morgan fingerprint density at radius 3 is 1.23 bits per heavy atom. The number of carbonyl (C=O) groups excluding carboxylic acids is 1. The molecule has 30 heavy (non-hydrogen) atoms. The first kappa shape index (κ1) is 25.8. The SMILES string of the molecule is O=C(O)CCc1cc(I)c(OC(=O)Oc2c(I)cc(CCC(=O)O)cc2I)c(I)c1. The third kappa shape index (κ3) is 7.92. The fraction of sp³-hybridized carbons (Fsp3) is 0.211. The minimum absolute atomic E-state index is 0.0216. The van der Waals surface area contributed by atoms with Crippen molar-refractivity contribution in [2.75, 3.05) is 0 Å². The number of carboxylic acids is 2. The molecular formula is C19H14I4O7. The van der Waals surface area contributed by atoms with Crippen LogP contribution in [0.1, 0.15) is 24.0 Å². The molecule has 7 nitrogen and oxygen atoms in total. The van der Waals surface area contributed by atoms with Crippen molar-refractivity contribution in [1.29, 1.82) is 0 Å². The second kappa shape index (κ2) is 12.0. The average molecular weight is 862 g/mol. The highest BCUT2D eigenvalue weighted by molar-refractivity contribution is 14.1. The molecule has 0 aliphatic carbocycles. The normalized spacial score (nSPS) is 10.5. The number of benzene rings is 2. The molecule has 0 saturated heterocycles. The van der Waals surface area contributed by atoms with Crippen molar-refractivity contribution in [3.8, 4) is 11.5 Å². The van der Waals surface area contributed by atoms with E-state index in [1.807, 2.05) is 90.4 Å². The quantitative estimate of drug-likeness (QED) is 0.199. The van der Waals surface area contributed by atoms with Crippen LogP contribution < -0.4 is 9.47 Å². The van der Waals surface area contributed by atoms with Crippen molar-refractivity contribution in [3.05, 3.63) is 49.7 Å². The van der Waals surface area contributed by atoms with E-state index in [0.29, 0.717) is 38.6 Å². The van der Waals surface area contributed by atoms with Gasteiger partial charge in [-0.25, -0.2) is 4.79 Å². The monoisotopic (exact) mass is 862 g/mol. The van der Waals surface area contributed by atoms with Crippen LogP contribution in [-0.2, 0) is 22.4 Å². The Kier molecular flexibility index (Phi) is 10.3. The van der Waals surface area contributed by atoms with Crippen LogP contribution in [0.5, 0.6) is 11.5 Å². The van der Waals surface area contributed by atoms with Crippen molar-refractivity contribution in [2.45, 2.75) is 25.7 Å². The number of carbonyl (C=O) groups is 3. The van der Waals surface area contributed by atoms with Gasteiger partial charge in [-0.1, -0.05) is 0 Å². The number of rotatable bonds is 8. The summed E-state index contributed by atoms with van der Waals surface area (Å²) in [7, 11) is 0. The van der Waals surface area contributed by atoms with Gasteiger partial charge in [0, 0.05) is 12.8 Å². The highest BCUT2D eigenvalue weighted by atomic mass is 127. The van der Waals surface area contributed by atoms with Crippen LogP contribution in [-0.4, -0.2) is 28.3 Å². The smallest absolute Gasteiger partial charge is 0.481 e. The van der Waals surface area contributed by atoms with Crippen LogP contribution in [0.25, 0.3) is 0 Å². The minimum Gasteiger partial charge on any atom is -0.481 e. The lowest BCUT2D eigenvalue weighted by molar-refractivity contribution is -0.138. The number of aliphatic carboxylic acids is 2. The van der Waals surface area contributed by atoms with Crippen LogP contribution in [0.2, 0.25) is 0 Å². The van der Waals surface area contributed by atoms with E-state index < -0.39 is 18.1 Å². The van der Waals surface area contributed by atoms with Crippen molar-refractivity contribution in [1.82, 2.24) is 0 Å². The van der Waals surface area contributed by atoms with E-state index in [1.165, 1.54) is 0 Å². The topological polar surface area (TPSA) is 110 Å². The summed E-state index contributed by atoms with van der Waals surface area (Å²) in [6.45, 7) is 0. The predicted octanol–water partition coefficient (Wildman–Crippen LogP) is 5.72. The average Bonchev–Trinajstić information content (AvgIpc) is 2.64. The van der Waals surface area contributed by atoms with Gasteiger partial charge in [0.2, 0.25) is 0 Å². The maximum atomic E-state index is 12.4. The molecule has 160 valence electrons. The predicted molar refractivity (Wildman–Crippen MR) is 142 cm³/mol. The molecule has 0 saturated carbocycles. The zero-order chi connectivity index (χ0) is 22.4. The zero-order valence-electron chi connectivity index (χ0n) is 15.1. The van der Waals surface area contributed by atoms with Gasteiger partial charge in [-0.2, -0.15) is 0 Å². The fourth-order valence-electron chi connectivity index (χ4n) is 2.40. The summed E-state index contributed by atoms with van der Waals surface area (Å²) in [5.41, 5.74) is 1.68. The molecule has 0 unspecified atom stereocenters. The Bertz CT molecular complexity index is 867. The van der Waals surface area contributed by atoms with E-state index in [2.05, 4.69) is 0 Å². The van der Waals surface area contributed by atoms with Gasteiger partial charge in [-0.15, -0.1) is 0 Å². The van der Waals surface area contributed by atoms with E-state index >= 15 is 0 Å². The van der Waals surface area contributed by atoms with Gasteiger partial charge in [-0.3, -0.25) is 9.59 Å². The van der Waals surface area contributed by atoms with Gasteiger partial charge in [0.1, 0.15) is 0 Å². The summed E-state index contributed by atoms with van der Waals surface area (Å²) >= 11 is 8.12. The lowest BCUT2D eigenvalue weighted by atomic mass is 10.1. The lowest BCUT2D eigenvalue weighted by Gasteiger charge is -2.13. The van der Waals surface area contributed by atoms with E-state index in [0.717, 1.165) is 11.1 Å². The Labute approximate surface area is 226 Å². The molecule has 0 bridgehead atoms. The number of halogens is 4. The van der Waals surface area contributed by atoms with Crippen molar-refractivity contribution in [2.24, 2.45) is 0 Å². The molecule has 11 heteroatoms.